The number of hydrogen-bond acceptors (Lipinski definition) is 2. The fourth-order valence-corrected chi connectivity index (χ4v) is 5.28. The number of hydrogen-bond donors (Lipinski definition) is 1. The van der Waals surface area contributed by atoms with E-state index in [0.29, 0.717) is 17.9 Å². The Bertz CT molecular complexity index is 820. The van der Waals surface area contributed by atoms with Crippen LogP contribution in [0.2, 0.25) is 0 Å². The molecule has 0 saturated heterocycles. The van der Waals surface area contributed by atoms with Crippen LogP contribution in [-0.4, -0.2) is 13.2 Å². The Morgan fingerprint density at radius 3 is 2.60 bits per heavy atom. The Hall–Kier alpha value is -2.22. The maximum atomic E-state index is 5.37. The molecule has 0 fully saturated rings. The fraction of sp³-hybridized carbons (Fsp3) is 0.391. The zero-order valence-corrected chi connectivity index (χ0v) is 14.8. The van der Waals surface area contributed by atoms with Crippen LogP contribution in [0.25, 0.3) is 0 Å². The molecule has 0 saturated carbocycles. The SMILES string of the molecule is COc1ccc([C@H]2C3=C(CCCC3)C[C@@H]3c4ccccc4N[C@@H]32)cc1. The fourth-order valence-electron chi connectivity index (χ4n) is 5.28. The number of rotatable bonds is 2. The maximum Gasteiger partial charge on any atom is 0.118 e. The summed E-state index contributed by atoms with van der Waals surface area (Å²) in [6, 6.07) is 18.2. The van der Waals surface area contributed by atoms with Crippen molar-refractivity contribution in [2.75, 3.05) is 12.4 Å². The quantitative estimate of drug-likeness (QED) is 0.720. The lowest BCUT2D eigenvalue weighted by atomic mass is 9.66. The molecule has 0 bridgehead atoms. The number of allylic oxidation sites excluding steroid dienone is 1. The minimum atomic E-state index is 0.489. The van der Waals surface area contributed by atoms with E-state index in [1.165, 1.54) is 48.9 Å². The Labute approximate surface area is 149 Å². The van der Waals surface area contributed by atoms with Crippen LogP contribution in [0.4, 0.5) is 5.69 Å². The Morgan fingerprint density at radius 1 is 0.960 bits per heavy atom. The predicted octanol–water partition coefficient (Wildman–Crippen LogP) is 5.63. The van der Waals surface area contributed by atoms with Crippen molar-refractivity contribution in [3.05, 3.63) is 70.8 Å². The third-order valence-electron chi connectivity index (χ3n) is 6.42. The highest BCUT2D eigenvalue weighted by Crippen LogP contribution is 2.54. The molecule has 1 heterocycles. The van der Waals surface area contributed by atoms with Crippen molar-refractivity contribution in [1.29, 1.82) is 0 Å². The number of anilines is 1. The summed E-state index contributed by atoms with van der Waals surface area (Å²) in [6.07, 6.45) is 6.52. The van der Waals surface area contributed by atoms with E-state index < -0.39 is 0 Å². The number of ether oxygens (including phenoxy) is 1. The van der Waals surface area contributed by atoms with E-state index in [0.717, 1.165) is 5.75 Å². The van der Waals surface area contributed by atoms with E-state index >= 15 is 0 Å². The minimum absolute atomic E-state index is 0.489. The van der Waals surface area contributed by atoms with Gasteiger partial charge in [-0.1, -0.05) is 41.5 Å². The molecule has 0 spiro atoms. The van der Waals surface area contributed by atoms with Crippen molar-refractivity contribution in [3.8, 4) is 5.75 Å². The van der Waals surface area contributed by atoms with Crippen molar-refractivity contribution in [2.24, 2.45) is 0 Å². The summed E-state index contributed by atoms with van der Waals surface area (Å²) >= 11 is 0. The minimum Gasteiger partial charge on any atom is -0.497 e. The third-order valence-corrected chi connectivity index (χ3v) is 6.42. The molecular formula is C23H25NO. The monoisotopic (exact) mass is 331 g/mol. The number of fused-ring (bicyclic) bond motifs is 3. The third kappa shape index (κ3) is 2.38. The maximum absolute atomic E-state index is 5.37. The number of para-hydroxylation sites is 1. The van der Waals surface area contributed by atoms with Crippen LogP contribution in [0.5, 0.6) is 5.75 Å². The van der Waals surface area contributed by atoms with E-state index in [4.69, 9.17) is 4.74 Å². The molecule has 2 nitrogen and oxygen atoms in total. The average Bonchev–Trinajstić information content (AvgIpc) is 3.04. The van der Waals surface area contributed by atoms with Gasteiger partial charge in [0.25, 0.3) is 0 Å². The van der Waals surface area contributed by atoms with Gasteiger partial charge in [-0.3, -0.25) is 0 Å². The highest BCUT2D eigenvalue weighted by Gasteiger charge is 2.44. The molecule has 0 amide bonds. The molecule has 0 aromatic heterocycles. The first kappa shape index (κ1) is 15.1. The van der Waals surface area contributed by atoms with E-state index in [-0.39, 0.29) is 0 Å². The molecular weight excluding hydrogens is 306 g/mol. The first-order chi connectivity index (χ1) is 12.3. The molecule has 1 aliphatic heterocycles. The average molecular weight is 331 g/mol. The summed E-state index contributed by atoms with van der Waals surface area (Å²) < 4.78 is 5.37. The molecule has 2 aliphatic carbocycles. The van der Waals surface area contributed by atoms with Crippen molar-refractivity contribution >= 4 is 5.69 Å². The topological polar surface area (TPSA) is 21.3 Å². The van der Waals surface area contributed by atoms with Gasteiger partial charge in [0.15, 0.2) is 0 Å². The molecule has 25 heavy (non-hydrogen) atoms. The summed E-state index contributed by atoms with van der Waals surface area (Å²) in [6.45, 7) is 0. The molecule has 128 valence electrons. The molecule has 1 N–H and O–H groups in total. The van der Waals surface area contributed by atoms with Gasteiger partial charge < -0.3 is 10.1 Å². The molecule has 0 unspecified atom stereocenters. The lowest BCUT2D eigenvalue weighted by Gasteiger charge is -2.40. The normalized spacial score (nSPS) is 27.2. The molecule has 5 rings (SSSR count). The van der Waals surface area contributed by atoms with Gasteiger partial charge in [0.1, 0.15) is 5.75 Å². The number of nitrogens with one attached hydrogen (secondary N) is 1. The van der Waals surface area contributed by atoms with Gasteiger partial charge in [-0.15, -0.1) is 0 Å². The Morgan fingerprint density at radius 2 is 1.76 bits per heavy atom. The smallest absolute Gasteiger partial charge is 0.118 e. The first-order valence-corrected chi connectivity index (χ1v) is 9.55. The van der Waals surface area contributed by atoms with Crippen LogP contribution in [-0.2, 0) is 0 Å². The second kappa shape index (κ2) is 5.94. The van der Waals surface area contributed by atoms with Gasteiger partial charge in [0.2, 0.25) is 0 Å². The summed E-state index contributed by atoms with van der Waals surface area (Å²) in [4.78, 5) is 0. The Balaban J connectivity index is 1.61. The van der Waals surface area contributed by atoms with Gasteiger partial charge in [-0.05, 0) is 61.4 Å². The second-order valence-corrected chi connectivity index (χ2v) is 7.65. The summed E-state index contributed by atoms with van der Waals surface area (Å²) in [5.41, 5.74) is 7.76. The molecule has 2 aromatic rings. The van der Waals surface area contributed by atoms with Crippen LogP contribution in [0, 0.1) is 0 Å². The lowest BCUT2D eigenvalue weighted by Crippen LogP contribution is -2.35. The zero-order valence-electron chi connectivity index (χ0n) is 14.8. The highest BCUT2D eigenvalue weighted by atomic mass is 16.5. The molecule has 0 radical (unpaired) electrons. The van der Waals surface area contributed by atoms with E-state index in [1.807, 2.05) is 0 Å². The number of methoxy groups -OCH3 is 1. The number of benzene rings is 2. The van der Waals surface area contributed by atoms with Gasteiger partial charge in [0.05, 0.1) is 7.11 Å². The van der Waals surface area contributed by atoms with Crippen molar-refractivity contribution < 1.29 is 4.74 Å². The van der Waals surface area contributed by atoms with Gasteiger partial charge in [-0.25, -0.2) is 0 Å². The largest absolute Gasteiger partial charge is 0.497 e. The first-order valence-electron chi connectivity index (χ1n) is 9.55. The predicted molar refractivity (Wildman–Crippen MR) is 102 cm³/mol. The lowest BCUT2D eigenvalue weighted by molar-refractivity contribution is 0.413. The van der Waals surface area contributed by atoms with Crippen LogP contribution >= 0.6 is 0 Å². The van der Waals surface area contributed by atoms with Gasteiger partial charge in [0, 0.05) is 23.6 Å². The summed E-state index contributed by atoms with van der Waals surface area (Å²) in [7, 11) is 1.74. The van der Waals surface area contributed by atoms with E-state index in [9.17, 15) is 0 Å². The highest BCUT2D eigenvalue weighted by molar-refractivity contribution is 5.63. The second-order valence-electron chi connectivity index (χ2n) is 7.65. The molecule has 3 aliphatic rings. The molecule has 2 heteroatoms. The van der Waals surface area contributed by atoms with Crippen LogP contribution in [0.1, 0.15) is 55.1 Å². The van der Waals surface area contributed by atoms with Crippen LogP contribution < -0.4 is 10.1 Å². The van der Waals surface area contributed by atoms with Crippen LogP contribution in [0.3, 0.4) is 0 Å². The van der Waals surface area contributed by atoms with Crippen molar-refractivity contribution in [2.45, 2.75) is 50.0 Å². The van der Waals surface area contributed by atoms with Crippen LogP contribution in [0.15, 0.2) is 59.7 Å². The van der Waals surface area contributed by atoms with Crippen molar-refractivity contribution in [1.82, 2.24) is 0 Å². The van der Waals surface area contributed by atoms with E-state index in [1.54, 1.807) is 18.3 Å². The molecule has 3 atom stereocenters. The van der Waals surface area contributed by atoms with Gasteiger partial charge in [-0.2, -0.15) is 0 Å². The zero-order chi connectivity index (χ0) is 16.8. The van der Waals surface area contributed by atoms with E-state index in [2.05, 4.69) is 53.8 Å². The molecule has 2 aromatic carbocycles. The van der Waals surface area contributed by atoms with Crippen molar-refractivity contribution in [3.63, 3.8) is 0 Å². The summed E-state index contributed by atoms with van der Waals surface area (Å²) in [5, 5.41) is 3.88. The van der Waals surface area contributed by atoms with Gasteiger partial charge >= 0.3 is 0 Å². The Kier molecular flexibility index (Phi) is 3.58. The standard InChI is InChI=1S/C23H25NO/c1-25-17-12-10-15(11-13-17)22-18-7-3-2-6-16(18)14-20-19-8-4-5-9-21(19)24-23(20)22/h4-5,8-13,20,22-24H,2-3,6-7,14H2,1H3/t20-,22+,23+/m1/s1. The summed E-state index contributed by atoms with van der Waals surface area (Å²) in [5.74, 6) is 2.05.